The maximum absolute atomic E-state index is 12.6. The highest BCUT2D eigenvalue weighted by molar-refractivity contribution is 6.42. The van der Waals surface area contributed by atoms with Gasteiger partial charge in [-0.25, -0.2) is 4.68 Å². The number of carbonyl (C=O) groups excluding carboxylic acids is 1. The molecule has 8 heteroatoms. The van der Waals surface area contributed by atoms with Crippen LogP contribution in [0.4, 0.5) is 5.69 Å². The van der Waals surface area contributed by atoms with E-state index in [2.05, 4.69) is 10.4 Å². The number of nitrogens with zero attached hydrogens (tertiary/aromatic N) is 2. The number of nitrogens with one attached hydrogen (secondary N) is 1. The highest BCUT2D eigenvalue weighted by Gasteiger charge is 2.15. The van der Waals surface area contributed by atoms with Crippen molar-refractivity contribution in [3.05, 3.63) is 69.5 Å². The van der Waals surface area contributed by atoms with Gasteiger partial charge in [0.2, 0.25) is 0 Å². The number of phenolic OH excluding ortho intramolecular Hbond substituents is 1. The largest absolute Gasteiger partial charge is 0.508 e. The van der Waals surface area contributed by atoms with Crippen molar-refractivity contribution in [3.8, 4) is 11.5 Å². The molecule has 0 aliphatic rings. The molecule has 0 spiro atoms. The Morgan fingerprint density at radius 1 is 1.28 bits per heavy atom. The summed E-state index contributed by atoms with van der Waals surface area (Å²) in [4.78, 5) is 12.6. The number of aryl methyl sites for hydroxylation is 1. The van der Waals surface area contributed by atoms with E-state index in [0.717, 1.165) is 11.1 Å². The minimum Gasteiger partial charge on any atom is -0.508 e. The third-order valence-electron chi connectivity index (χ3n) is 4.39. The minimum absolute atomic E-state index is 0.0725. The normalized spacial score (nSPS) is 11.0. The van der Waals surface area contributed by atoms with Crippen molar-refractivity contribution in [2.24, 2.45) is 0 Å². The van der Waals surface area contributed by atoms with Crippen LogP contribution in [0.2, 0.25) is 10.0 Å². The lowest BCUT2D eigenvalue weighted by Gasteiger charge is -2.14. The van der Waals surface area contributed by atoms with Crippen LogP contribution in [0.3, 0.4) is 0 Å². The first-order valence-corrected chi connectivity index (χ1v) is 9.77. The fourth-order valence-corrected chi connectivity index (χ4v) is 3.13. The topological polar surface area (TPSA) is 76.4 Å². The third-order valence-corrected chi connectivity index (χ3v) is 5.19. The van der Waals surface area contributed by atoms with E-state index in [1.165, 1.54) is 4.68 Å². The van der Waals surface area contributed by atoms with Gasteiger partial charge in [0.05, 0.1) is 5.02 Å². The molecule has 0 fully saturated rings. The van der Waals surface area contributed by atoms with E-state index in [1.807, 2.05) is 20.8 Å². The molecule has 0 saturated carbocycles. The minimum atomic E-state index is -0.354. The summed E-state index contributed by atoms with van der Waals surface area (Å²) in [5.74, 6) is 0.423. The van der Waals surface area contributed by atoms with Crippen molar-refractivity contribution in [2.45, 2.75) is 33.4 Å². The SMILES string of the molecule is Cc1cc(O)c(C(C)C)cc1NC(=O)c1ccn(COc2cccc(Cl)c2Cl)n1. The first kappa shape index (κ1) is 21.0. The average Bonchev–Trinajstić information content (AvgIpc) is 3.14. The summed E-state index contributed by atoms with van der Waals surface area (Å²) >= 11 is 12.1. The van der Waals surface area contributed by atoms with E-state index in [1.54, 1.807) is 42.6 Å². The number of hydrogen-bond donors (Lipinski definition) is 2. The molecule has 29 heavy (non-hydrogen) atoms. The smallest absolute Gasteiger partial charge is 0.276 e. The van der Waals surface area contributed by atoms with Gasteiger partial charge >= 0.3 is 0 Å². The summed E-state index contributed by atoms with van der Waals surface area (Å²) in [7, 11) is 0. The molecule has 0 saturated heterocycles. The molecule has 0 aliphatic heterocycles. The van der Waals surface area contributed by atoms with Crippen molar-refractivity contribution < 1.29 is 14.6 Å². The number of ether oxygens (including phenoxy) is 1. The maximum Gasteiger partial charge on any atom is 0.276 e. The average molecular weight is 434 g/mol. The fourth-order valence-electron chi connectivity index (χ4n) is 2.78. The van der Waals surface area contributed by atoms with Crippen molar-refractivity contribution in [1.29, 1.82) is 0 Å². The lowest BCUT2D eigenvalue weighted by Crippen LogP contribution is -2.15. The Hall–Kier alpha value is -2.70. The maximum atomic E-state index is 12.6. The number of amides is 1. The lowest BCUT2D eigenvalue weighted by molar-refractivity contribution is 0.102. The number of carbonyl (C=O) groups is 1. The van der Waals surface area contributed by atoms with Crippen LogP contribution >= 0.6 is 23.2 Å². The lowest BCUT2D eigenvalue weighted by atomic mass is 9.99. The molecule has 3 rings (SSSR count). The molecule has 0 aliphatic carbocycles. The quantitative estimate of drug-likeness (QED) is 0.494. The summed E-state index contributed by atoms with van der Waals surface area (Å²) in [6.45, 7) is 5.84. The second-order valence-electron chi connectivity index (χ2n) is 6.90. The number of aromatic hydroxyl groups is 1. The van der Waals surface area contributed by atoms with E-state index in [-0.39, 0.29) is 30.0 Å². The predicted octanol–water partition coefficient (Wildman–Crippen LogP) is 5.62. The van der Waals surface area contributed by atoms with Crippen molar-refractivity contribution in [2.75, 3.05) is 5.32 Å². The number of anilines is 1. The molecular weight excluding hydrogens is 413 g/mol. The van der Waals surface area contributed by atoms with Crippen LogP contribution in [0.1, 0.15) is 41.4 Å². The Morgan fingerprint density at radius 2 is 2.03 bits per heavy atom. The second-order valence-corrected chi connectivity index (χ2v) is 7.69. The van der Waals surface area contributed by atoms with Crippen LogP contribution in [-0.2, 0) is 6.73 Å². The zero-order valence-corrected chi connectivity index (χ0v) is 17.8. The summed E-state index contributed by atoms with van der Waals surface area (Å²) in [5, 5.41) is 17.9. The van der Waals surface area contributed by atoms with Gasteiger partial charge in [0.15, 0.2) is 12.4 Å². The number of benzene rings is 2. The van der Waals surface area contributed by atoms with Gasteiger partial charge in [-0.3, -0.25) is 4.79 Å². The Morgan fingerprint density at radius 3 is 2.76 bits per heavy atom. The van der Waals surface area contributed by atoms with E-state index in [4.69, 9.17) is 27.9 Å². The Balaban J connectivity index is 1.70. The Bertz CT molecular complexity index is 1050. The molecule has 1 amide bonds. The predicted molar refractivity (Wildman–Crippen MR) is 114 cm³/mol. The van der Waals surface area contributed by atoms with Crippen molar-refractivity contribution >= 4 is 34.8 Å². The molecule has 152 valence electrons. The second kappa shape index (κ2) is 8.76. The van der Waals surface area contributed by atoms with Gasteiger partial charge in [0.1, 0.15) is 16.5 Å². The fraction of sp³-hybridized carbons (Fsp3) is 0.238. The summed E-state index contributed by atoms with van der Waals surface area (Å²) in [6.07, 6.45) is 1.64. The number of phenols is 1. The molecule has 0 bridgehead atoms. The molecule has 1 aromatic heterocycles. The number of hydrogen-bond acceptors (Lipinski definition) is 4. The number of aromatic nitrogens is 2. The first-order chi connectivity index (χ1) is 13.8. The van der Waals surface area contributed by atoms with Crippen LogP contribution in [0.15, 0.2) is 42.6 Å². The van der Waals surface area contributed by atoms with E-state index >= 15 is 0 Å². The molecule has 1 heterocycles. The number of rotatable bonds is 6. The number of halogens is 2. The summed E-state index contributed by atoms with van der Waals surface area (Å²) in [5.41, 5.74) is 2.40. The highest BCUT2D eigenvalue weighted by Crippen LogP contribution is 2.32. The van der Waals surface area contributed by atoms with Crippen molar-refractivity contribution in [3.63, 3.8) is 0 Å². The van der Waals surface area contributed by atoms with Gasteiger partial charge in [-0.05, 0) is 54.3 Å². The standard InChI is InChI=1S/C21H21Cl2N3O3/c1-12(2)14-10-17(13(3)9-18(14)27)24-21(28)16-7-8-26(25-16)11-29-19-6-4-5-15(22)20(19)23/h4-10,12,27H,11H2,1-3H3,(H,24,28). The van der Waals surface area contributed by atoms with Gasteiger partial charge in [-0.15, -0.1) is 0 Å². The molecule has 0 atom stereocenters. The van der Waals surface area contributed by atoms with E-state index < -0.39 is 0 Å². The van der Waals surface area contributed by atoms with Crippen LogP contribution in [-0.4, -0.2) is 20.8 Å². The molecule has 6 nitrogen and oxygen atoms in total. The highest BCUT2D eigenvalue weighted by atomic mass is 35.5. The Labute approximate surface area is 179 Å². The monoisotopic (exact) mass is 433 g/mol. The third kappa shape index (κ3) is 4.83. The summed E-state index contributed by atoms with van der Waals surface area (Å²) < 4.78 is 7.10. The molecule has 3 aromatic rings. The van der Waals surface area contributed by atoms with Gasteiger partial charge in [-0.1, -0.05) is 43.1 Å². The first-order valence-electron chi connectivity index (χ1n) is 9.01. The van der Waals surface area contributed by atoms with Gasteiger partial charge < -0.3 is 15.2 Å². The van der Waals surface area contributed by atoms with E-state index in [0.29, 0.717) is 21.5 Å². The summed E-state index contributed by atoms with van der Waals surface area (Å²) in [6, 6.07) is 10.1. The molecule has 0 radical (unpaired) electrons. The van der Waals surface area contributed by atoms with Gasteiger partial charge in [0.25, 0.3) is 5.91 Å². The van der Waals surface area contributed by atoms with Crippen molar-refractivity contribution in [1.82, 2.24) is 9.78 Å². The molecule has 2 aromatic carbocycles. The van der Waals surface area contributed by atoms with Crippen LogP contribution in [0, 0.1) is 6.92 Å². The van der Waals surface area contributed by atoms with Crippen LogP contribution < -0.4 is 10.1 Å². The van der Waals surface area contributed by atoms with Crippen LogP contribution in [0.5, 0.6) is 11.5 Å². The molecule has 0 unspecified atom stereocenters. The van der Waals surface area contributed by atoms with Crippen LogP contribution in [0.25, 0.3) is 0 Å². The zero-order chi connectivity index (χ0) is 21.1. The van der Waals surface area contributed by atoms with Gasteiger partial charge in [0, 0.05) is 11.9 Å². The Kier molecular flexibility index (Phi) is 6.35. The van der Waals surface area contributed by atoms with E-state index in [9.17, 15) is 9.90 Å². The molecule has 2 N–H and O–H groups in total. The molecular formula is C21H21Cl2N3O3. The van der Waals surface area contributed by atoms with Gasteiger partial charge in [-0.2, -0.15) is 5.10 Å². The zero-order valence-electron chi connectivity index (χ0n) is 16.2.